The van der Waals surface area contributed by atoms with E-state index in [1.807, 2.05) is 27.8 Å². The monoisotopic (exact) mass is 397 g/mol. The van der Waals surface area contributed by atoms with E-state index in [1.165, 1.54) is 5.69 Å². The summed E-state index contributed by atoms with van der Waals surface area (Å²) in [6.45, 7) is 6.49. The van der Waals surface area contributed by atoms with Crippen LogP contribution >= 0.6 is 0 Å². The molecule has 1 aliphatic heterocycles. The molecule has 0 bridgehead atoms. The van der Waals surface area contributed by atoms with Gasteiger partial charge in [0.15, 0.2) is 5.82 Å². The molecule has 0 spiro atoms. The molecule has 1 fully saturated rings. The van der Waals surface area contributed by atoms with E-state index in [2.05, 4.69) is 30.2 Å². The summed E-state index contributed by atoms with van der Waals surface area (Å²) in [6, 6.07) is 8.12. The standard InChI is InChI=1S/C22H31N5O2/c1-3-17(2)20-15-19(25-27(20)21-7-4-5-12-24-21)18-9-13-26(14-10-18)22(29)8-6-11-23-16-28/h4-5,7,12,15-18H,3,6,8-11,13-14H2,1-2H3,(H,23,28). The number of nitrogens with one attached hydrogen (secondary N) is 1. The second-order valence-corrected chi connectivity index (χ2v) is 7.73. The SMILES string of the molecule is CCC(C)c1cc(C2CCN(C(=O)CCCNC=O)CC2)nn1-c1ccccn1. The largest absolute Gasteiger partial charge is 0.359 e. The third kappa shape index (κ3) is 5.22. The van der Waals surface area contributed by atoms with Gasteiger partial charge in [-0.05, 0) is 49.8 Å². The van der Waals surface area contributed by atoms with E-state index in [4.69, 9.17) is 5.10 Å². The van der Waals surface area contributed by atoms with Crippen molar-refractivity contribution in [3.8, 4) is 5.82 Å². The molecule has 0 radical (unpaired) electrons. The molecule has 1 unspecified atom stereocenters. The van der Waals surface area contributed by atoms with Crippen molar-refractivity contribution in [2.24, 2.45) is 0 Å². The van der Waals surface area contributed by atoms with Crippen LogP contribution in [0.1, 0.15) is 69.2 Å². The van der Waals surface area contributed by atoms with E-state index in [-0.39, 0.29) is 5.91 Å². The van der Waals surface area contributed by atoms with Crippen molar-refractivity contribution in [2.75, 3.05) is 19.6 Å². The summed E-state index contributed by atoms with van der Waals surface area (Å²) < 4.78 is 1.99. The van der Waals surface area contributed by atoms with Gasteiger partial charge in [0.05, 0.1) is 5.69 Å². The van der Waals surface area contributed by atoms with Gasteiger partial charge in [-0.1, -0.05) is 19.9 Å². The molecule has 3 heterocycles. The average Bonchev–Trinajstić information content (AvgIpc) is 3.22. The number of pyridine rings is 1. The minimum Gasteiger partial charge on any atom is -0.359 e. The highest BCUT2D eigenvalue weighted by atomic mass is 16.2. The van der Waals surface area contributed by atoms with Gasteiger partial charge in [0.1, 0.15) is 0 Å². The number of amides is 2. The molecule has 0 aliphatic carbocycles. The Labute approximate surface area is 172 Å². The molecule has 0 saturated carbocycles. The first-order valence-electron chi connectivity index (χ1n) is 10.6. The number of hydrogen-bond donors (Lipinski definition) is 1. The van der Waals surface area contributed by atoms with Crippen molar-refractivity contribution < 1.29 is 9.59 Å². The molecule has 3 rings (SSSR count). The van der Waals surface area contributed by atoms with E-state index in [0.29, 0.717) is 37.6 Å². The van der Waals surface area contributed by atoms with Gasteiger partial charge in [-0.25, -0.2) is 9.67 Å². The van der Waals surface area contributed by atoms with E-state index in [0.717, 1.165) is 43.9 Å². The van der Waals surface area contributed by atoms with Crippen molar-refractivity contribution in [1.29, 1.82) is 0 Å². The summed E-state index contributed by atoms with van der Waals surface area (Å²) in [4.78, 5) is 29.1. The van der Waals surface area contributed by atoms with Gasteiger partial charge in [0.2, 0.25) is 12.3 Å². The van der Waals surface area contributed by atoms with Crippen molar-refractivity contribution >= 4 is 12.3 Å². The van der Waals surface area contributed by atoms with Gasteiger partial charge in [-0.3, -0.25) is 9.59 Å². The first-order chi connectivity index (χ1) is 14.1. The van der Waals surface area contributed by atoms with Gasteiger partial charge >= 0.3 is 0 Å². The van der Waals surface area contributed by atoms with Crippen LogP contribution in [0.2, 0.25) is 0 Å². The van der Waals surface area contributed by atoms with Crippen LogP contribution in [0.5, 0.6) is 0 Å². The Morgan fingerprint density at radius 2 is 2.14 bits per heavy atom. The van der Waals surface area contributed by atoms with E-state index in [1.54, 1.807) is 6.20 Å². The highest BCUT2D eigenvalue weighted by molar-refractivity contribution is 5.76. The molecule has 156 valence electrons. The van der Waals surface area contributed by atoms with Gasteiger partial charge in [0.25, 0.3) is 0 Å². The molecule has 7 nitrogen and oxygen atoms in total. The maximum absolute atomic E-state index is 12.4. The zero-order valence-corrected chi connectivity index (χ0v) is 17.4. The number of hydrogen-bond acceptors (Lipinski definition) is 4. The predicted molar refractivity (Wildman–Crippen MR) is 112 cm³/mol. The summed E-state index contributed by atoms with van der Waals surface area (Å²) in [5.74, 6) is 1.80. The normalized spacial score (nSPS) is 15.9. The lowest BCUT2D eigenvalue weighted by Crippen LogP contribution is -2.38. The van der Waals surface area contributed by atoms with Crippen LogP contribution in [-0.4, -0.2) is 51.6 Å². The fraction of sp³-hybridized carbons (Fsp3) is 0.545. The van der Waals surface area contributed by atoms with Gasteiger partial charge in [-0.2, -0.15) is 5.10 Å². The summed E-state index contributed by atoms with van der Waals surface area (Å²) in [5, 5.41) is 7.53. The minimum absolute atomic E-state index is 0.176. The van der Waals surface area contributed by atoms with Crippen LogP contribution in [-0.2, 0) is 9.59 Å². The fourth-order valence-corrected chi connectivity index (χ4v) is 3.82. The summed E-state index contributed by atoms with van der Waals surface area (Å²) >= 11 is 0. The van der Waals surface area contributed by atoms with Crippen LogP contribution in [0.4, 0.5) is 0 Å². The molecule has 1 saturated heterocycles. The highest BCUT2D eigenvalue weighted by Gasteiger charge is 2.27. The summed E-state index contributed by atoms with van der Waals surface area (Å²) in [6.07, 6.45) is 6.54. The van der Waals surface area contributed by atoms with Crippen molar-refractivity contribution in [3.05, 3.63) is 41.9 Å². The van der Waals surface area contributed by atoms with Crippen LogP contribution in [0, 0.1) is 0 Å². The third-order valence-electron chi connectivity index (χ3n) is 5.80. The lowest BCUT2D eigenvalue weighted by Gasteiger charge is -2.31. The molecule has 29 heavy (non-hydrogen) atoms. The highest BCUT2D eigenvalue weighted by Crippen LogP contribution is 2.31. The van der Waals surface area contributed by atoms with Gasteiger partial charge in [0, 0.05) is 43.9 Å². The molecule has 1 atom stereocenters. The molecule has 2 aromatic heterocycles. The Kier molecular flexibility index (Phi) is 7.38. The molecule has 7 heteroatoms. The third-order valence-corrected chi connectivity index (χ3v) is 5.80. The molecular formula is C22H31N5O2. The Morgan fingerprint density at radius 3 is 2.79 bits per heavy atom. The number of rotatable bonds is 9. The minimum atomic E-state index is 0.176. The van der Waals surface area contributed by atoms with Crippen molar-refractivity contribution in [1.82, 2.24) is 25.0 Å². The Balaban J connectivity index is 1.65. The first-order valence-corrected chi connectivity index (χ1v) is 10.6. The number of aromatic nitrogens is 3. The zero-order chi connectivity index (χ0) is 20.6. The van der Waals surface area contributed by atoms with Crippen molar-refractivity contribution in [2.45, 2.75) is 57.8 Å². The molecule has 1 aliphatic rings. The number of piperidine rings is 1. The maximum atomic E-state index is 12.4. The van der Waals surface area contributed by atoms with Gasteiger partial charge < -0.3 is 10.2 Å². The van der Waals surface area contributed by atoms with Crippen LogP contribution < -0.4 is 5.32 Å². The van der Waals surface area contributed by atoms with Crippen LogP contribution in [0.25, 0.3) is 5.82 Å². The smallest absolute Gasteiger partial charge is 0.222 e. The second-order valence-electron chi connectivity index (χ2n) is 7.73. The second kappa shape index (κ2) is 10.2. The molecule has 2 aromatic rings. The maximum Gasteiger partial charge on any atom is 0.222 e. The fourth-order valence-electron chi connectivity index (χ4n) is 3.82. The number of carbonyl (C=O) groups is 2. The summed E-state index contributed by atoms with van der Waals surface area (Å²) in [7, 11) is 0. The molecule has 0 aromatic carbocycles. The first kappa shape index (κ1) is 21.0. The Hall–Kier alpha value is -2.70. The van der Waals surface area contributed by atoms with Crippen LogP contribution in [0.3, 0.4) is 0 Å². The Morgan fingerprint density at radius 1 is 1.34 bits per heavy atom. The molecule has 2 amide bonds. The Bertz CT molecular complexity index is 797. The number of nitrogens with zero attached hydrogens (tertiary/aromatic N) is 4. The van der Waals surface area contributed by atoms with E-state index < -0.39 is 0 Å². The average molecular weight is 398 g/mol. The lowest BCUT2D eigenvalue weighted by molar-refractivity contribution is -0.132. The van der Waals surface area contributed by atoms with Crippen LogP contribution in [0.15, 0.2) is 30.5 Å². The van der Waals surface area contributed by atoms with Gasteiger partial charge in [-0.15, -0.1) is 0 Å². The van der Waals surface area contributed by atoms with E-state index >= 15 is 0 Å². The lowest BCUT2D eigenvalue weighted by atomic mass is 9.92. The van der Waals surface area contributed by atoms with Crippen molar-refractivity contribution in [3.63, 3.8) is 0 Å². The predicted octanol–water partition coefficient (Wildman–Crippen LogP) is 3.01. The quantitative estimate of drug-likeness (QED) is 0.521. The van der Waals surface area contributed by atoms with E-state index in [9.17, 15) is 9.59 Å². The summed E-state index contributed by atoms with van der Waals surface area (Å²) in [5.41, 5.74) is 2.30. The number of likely N-dealkylation sites (tertiary alicyclic amines) is 1. The number of carbonyl (C=O) groups excluding carboxylic acids is 2. The zero-order valence-electron chi connectivity index (χ0n) is 17.4. The molecular weight excluding hydrogens is 366 g/mol. The molecule has 1 N–H and O–H groups in total. The topological polar surface area (TPSA) is 80.1 Å².